The van der Waals surface area contributed by atoms with E-state index in [1.165, 1.54) is 6.20 Å². The van der Waals surface area contributed by atoms with Crippen molar-refractivity contribution in [2.75, 3.05) is 4.72 Å². The van der Waals surface area contributed by atoms with Crippen LogP contribution in [0.5, 0.6) is 0 Å². The zero-order chi connectivity index (χ0) is 12.3. The molecule has 0 atom stereocenters. The van der Waals surface area contributed by atoms with E-state index in [2.05, 4.69) is 9.71 Å². The van der Waals surface area contributed by atoms with Crippen LogP contribution in [0.25, 0.3) is 0 Å². The van der Waals surface area contributed by atoms with Crippen LogP contribution < -0.4 is 4.72 Å². The first-order valence-electron chi connectivity index (χ1n) is 5.08. The van der Waals surface area contributed by atoms with Crippen LogP contribution in [0.1, 0.15) is 5.56 Å². The SMILES string of the molecule is Cc1ccncc1NS(=O)(=O)c1ccccc1. The largest absolute Gasteiger partial charge is 0.278 e. The quantitative estimate of drug-likeness (QED) is 0.905. The number of hydrogen-bond acceptors (Lipinski definition) is 3. The summed E-state index contributed by atoms with van der Waals surface area (Å²) in [4.78, 5) is 4.14. The Morgan fingerprint density at radius 2 is 1.82 bits per heavy atom. The van der Waals surface area contributed by atoms with Crippen molar-refractivity contribution in [2.24, 2.45) is 0 Å². The van der Waals surface area contributed by atoms with Crippen molar-refractivity contribution < 1.29 is 8.42 Å². The second-order valence-electron chi connectivity index (χ2n) is 3.61. The molecule has 2 rings (SSSR count). The Morgan fingerprint density at radius 3 is 2.47 bits per heavy atom. The topological polar surface area (TPSA) is 59.1 Å². The fourth-order valence-corrected chi connectivity index (χ4v) is 2.51. The minimum absolute atomic E-state index is 0.239. The normalized spacial score (nSPS) is 11.1. The number of anilines is 1. The van der Waals surface area contributed by atoms with Crippen molar-refractivity contribution in [3.8, 4) is 0 Å². The number of rotatable bonds is 3. The van der Waals surface area contributed by atoms with Crippen LogP contribution in [0.15, 0.2) is 53.7 Å². The van der Waals surface area contributed by atoms with Crippen molar-refractivity contribution in [1.82, 2.24) is 4.98 Å². The number of sulfonamides is 1. The van der Waals surface area contributed by atoms with E-state index in [4.69, 9.17) is 0 Å². The monoisotopic (exact) mass is 248 g/mol. The smallest absolute Gasteiger partial charge is 0.261 e. The third-order valence-electron chi connectivity index (χ3n) is 2.34. The highest BCUT2D eigenvalue weighted by Crippen LogP contribution is 2.17. The second-order valence-corrected chi connectivity index (χ2v) is 5.29. The Labute approximate surface area is 100 Å². The highest BCUT2D eigenvalue weighted by Gasteiger charge is 2.14. The van der Waals surface area contributed by atoms with Gasteiger partial charge in [0.2, 0.25) is 0 Å². The Morgan fingerprint density at radius 1 is 1.12 bits per heavy atom. The molecular weight excluding hydrogens is 236 g/mol. The lowest BCUT2D eigenvalue weighted by Crippen LogP contribution is -2.13. The summed E-state index contributed by atoms with van der Waals surface area (Å²) in [5.74, 6) is 0. The first-order chi connectivity index (χ1) is 8.09. The number of aryl methyl sites for hydroxylation is 1. The third-order valence-corrected chi connectivity index (χ3v) is 3.72. The summed E-state index contributed by atoms with van der Waals surface area (Å²) in [7, 11) is -3.53. The third kappa shape index (κ3) is 2.62. The van der Waals surface area contributed by atoms with Crippen LogP contribution in [-0.4, -0.2) is 13.4 Å². The summed E-state index contributed by atoms with van der Waals surface area (Å²) in [6.45, 7) is 1.82. The Hall–Kier alpha value is -1.88. The molecule has 0 amide bonds. The Bertz CT molecular complexity index is 609. The fraction of sp³-hybridized carbons (Fsp3) is 0.0833. The van der Waals surface area contributed by atoms with E-state index in [-0.39, 0.29) is 4.90 Å². The van der Waals surface area contributed by atoms with E-state index in [1.54, 1.807) is 42.6 Å². The molecule has 1 aromatic heterocycles. The average molecular weight is 248 g/mol. The molecule has 0 saturated carbocycles. The van der Waals surface area contributed by atoms with Gasteiger partial charge in [-0.05, 0) is 30.7 Å². The summed E-state index contributed by atoms with van der Waals surface area (Å²) in [6.07, 6.45) is 3.12. The van der Waals surface area contributed by atoms with E-state index in [0.717, 1.165) is 5.56 Å². The summed E-state index contributed by atoms with van der Waals surface area (Å²) < 4.78 is 26.5. The van der Waals surface area contributed by atoms with Crippen LogP contribution in [0.2, 0.25) is 0 Å². The second kappa shape index (κ2) is 4.55. The molecule has 0 fully saturated rings. The van der Waals surface area contributed by atoms with Crippen LogP contribution in [0.3, 0.4) is 0 Å². The minimum atomic E-state index is -3.53. The van der Waals surface area contributed by atoms with E-state index in [9.17, 15) is 8.42 Å². The Balaban J connectivity index is 2.34. The summed E-state index contributed by atoms with van der Waals surface area (Å²) in [5.41, 5.74) is 1.33. The number of aromatic nitrogens is 1. The molecule has 88 valence electrons. The first-order valence-corrected chi connectivity index (χ1v) is 6.56. The molecule has 0 aliphatic rings. The van der Waals surface area contributed by atoms with Gasteiger partial charge in [-0.2, -0.15) is 0 Å². The standard InChI is InChI=1S/C12H12N2O2S/c1-10-7-8-13-9-12(10)14-17(15,16)11-5-3-2-4-6-11/h2-9,14H,1H3. The zero-order valence-electron chi connectivity index (χ0n) is 9.29. The molecule has 0 aliphatic carbocycles. The molecule has 1 aromatic carbocycles. The maximum atomic E-state index is 12.0. The zero-order valence-corrected chi connectivity index (χ0v) is 10.1. The molecule has 1 heterocycles. The summed E-state index contributed by atoms with van der Waals surface area (Å²) in [5, 5.41) is 0. The lowest BCUT2D eigenvalue weighted by atomic mass is 10.3. The van der Waals surface area contributed by atoms with Crippen LogP contribution in [0.4, 0.5) is 5.69 Å². The predicted octanol–water partition coefficient (Wildman–Crippen LogP) is 2.19. The molecule has 5 heteroatoms. The fourth-order valence-electron chi connectivity index (χ4n) is 1.37. The van der Waals surface area contributed by atoms with E-state index >= 15 is 0 Å². The van der Waals surface area contributed by atoms with Crippen molar-refractivity contribution in [1.29, 1.82) is 0 Å². The first kappa shape index (κ1) is 11.6. The van der Waals surface area contributed by atoms with Gasteiger partial charge in [0.15, 0.2) is 0 Å². The molecular formula is C12H12N2O2S. The average Bonchev–Trinajstić information content (AvgIpc) is 2.33. The minimum Gasteiger partial charge on any atom is -0.278 e. The van der Waals surface area contributed by atoms with Gasteiger partial charge in [-0.3, -0.25) is 9.71 Å². The molecule has 0 radical (unpaired) electrons. The molecule has 4 nitrogen and oxygen atoms in total. The van der Waals surface area contributed by atoms with Crippen molar-refractivity contribution >= 4 is 15.7 Å². The molecule has 2 aromatic rings. The molecule has 0 saturated heterocycles. The number of pyridine rings is 1. The molecule has 0 aliphatic heterocycles. The Kier molecular flexibility index (Phi) is 3.10. The van der Waals surface area contributed by atoms with Crippen molar-refractivity contribution in [3.05, 3.63) is 54.4 Å². The molecule has 17 heavy (non-hydrogen) atoms. The van der Waals surface area contributed by atoms with Gasteiger partial charge in [0.25, 0.3) is 10.0 Å². The van der Waals surface area contributed by atoms with Gasteiger partial charge in [0.05, 0.1) is 16.8 Å². The maximum Gasteiger partial charge on any atom is 0.261 e. The van der Waals surface area contributed by atoms with Crippen LogP contribution in [0, 0.1) is 6.92 Å². The molecule has 1 N–H and O–H groups in total. The van der Waals surface area contributed by atoms with E-state index < -0.39 is 10.0 Å². The van der Waals surface area contributed by atoms with Crippen LogP contribution >= 0.6 is 0 Å². The van der Waals surface area contributed by atoms with E-state index in [0.29, 0.717) is 5.69 Å². The summed E-state index contributed by atoms with van der Waals surface area (Å²) >= 11 is 0. The molecule has 0 unspecified atom stereocenters. The number of hydrogen-bond donors (Lipinski definition) is 1. The van der Waals surface area contributed by atoms with Crippen molar-refractivity contribution in [3.63, 3.8) is 0 Å². The van der Waals surface area contributed by atoms with Gasteiger partial charge in [-0.1, -0.05) is 18.2 Å². The predicted molar refractivity (Wildman–Crippen MR) is 66.2 cm³/mol. The molecule has 0 bridgehead atoms. The van der Waals surface area contributed by atoms with Crippen molar-refractivity contribution in [2.45, 2.75) is 11.8 Å². The van der Waals surface area contributed by atoms with E-state index in [1.807, 2.05) is 6.92 Å². The highest BCUT2D eigenvalue weighted by atomic mass is 32.2. The number of nitrogens with zero attached hydrogens (tertiary/aromatic N) is 1. The van der Waals surface area contributed by atoms with Gasteiger partial charge >= 0.3 is 0 Å². The van der Waals surface area contributed by atoms with Gasteiger partial charge in [0, 0.05) is 6.20 Å². The van der Waals surface area contributed by atoms with Gasteiger partial charge in [-0.25, -0.2) is 8.42 Å². The molecule has 0 spiro atoms. The van der Waals surface area contributed by atoms with Gasteiger partial charge in [0.1, 0.15) is 0 Å². The summed E-state index contributed by atoms with van der Waals surface area (Å²) in [6, 6.07) is 9.99. The lowest BCUT2D eigenvalue weighted by molar-refractivity contribution is 0.601. The van der Waals surface area contributed by atoms with Gasteiger partial charge < -0.3 is 0 Å². The lowest BCUT2D eigenvalue weighted by Gasteiger charge is -2.09. The highest BCUT2D eigenvalue weighted by molar-refractivity contribution is 7.92. The number of benzene rings is 1. The number of nitrogens with one attached hydrogen (secondary N) is 1. The van der Waals surface area contributed by atoms with Gasteiger partial charge in [-0.15, -0.1) is 0 Å². The maximum absolute atomic E-state index is 12.0. The van der Waals surface area contributed by atoms with Crippen LogP contribution in [-0.2, 0) is 10.0 Å².